The van der Waals surface area contributed by atoms with Crippen LogP contribution in [0.3, 0.4) is 0 Å². The summed E-state index contributed by atoms with van der Waals surface area (Å²) in [4.78, 5) is 18.9. The number of nitrogens with zero attached hydrogens (tertiary/aromatic N) is 3. The minimum Gasteiger partial charge on any atom is -0.444 e. The quantitative estimate of drug-likeness (QED) is 0.564. The molecule has 0 saturated heterocycles. The first-order valence-electron chi connectivity index (χ1n) is 10.9. The number of benzene rings is 1. The first-order valence-corrected chi connectivity index (χ1v) is 12.8. The number of pyridine rings is 1. The van der Waals surface area contributed by atoms with Gasteiger partial charge in [0.15, 0.2) is 9.84 Å². The number of carbonyl (C=O) groups excluding carboxylic acids is 1. The molecule has 7 nitrogen and oxygen atoms in total. The van der Waals surface area contributed by atoms with Gasteiger partial charge in [0.1, 0.15) is 5.60 Å². The van der Waals surface area contributed by atoms with Crippen molar-refractivity contribution in [2.24, 2.45) is 0 Å². The molecule has 2 aromatic heterocycles. The third kappa shape index (κ3) is 5.45. The molecule has 0 N–H and O–H groups in total. The maximum absolute atomic E-state index is 12.2. The van der Waals surface area contributed by atoms with Crippen LogP contribution in [-0.4, -0.2) is 53.9 Å². The summed E-state index contributed by atoms with van der Waals surface area (Å²) < 4.78 is 31.1. The number of aromatic nitrogens is 2. The third-order valence-corrected chi connectivity index (χ3v) is 6.67. The number of hydrogen-bond acceptors (Lipinski definition) is 5. The Bertz CT molecular complexity index is 1320. The van der Waals surface area contributed by atoms with Crippen molar-refractivity contribution in [3.63, 3.8) is 0 Å². The first-order chi connectivity index (χ1) is 15.5. The van der Waals surface area contributed by atoms with E-state index in [1.165, 1.54) is 11.8 Å². The molecule has 8 heteroatoms. The zero-order valence-corrected chi connectivity index (χ0v) is 20.2. The molecule has 1 amide bonds. The zero-order valence-electron chi connectivity index (χ0n) is 19.4. The molecule has 0 unspecified atom stereocenters. The molecule has 1 aliphatic heterocycles. The second-order valence-electron chi connectivity index (χ2n) is 9.38. The maximum atomic E-state index is 12.2. The normalized spacial score (nSPS) is 14.9. The number of ether oxygens (including phenoxy) is 1. The fourth-order valence-electron chi connectivity index (χ4n) is 3.85. The Morgan fingerprint density at radius 2 is 1.94 bits per heavy atom. The van der Waals surface area contributed by atoms with E-state index in [4.69, 9.17) is 4.74 Å². The molecule has 4 rings (SSSR count). The predicted octanol–water partition coefficient (Wildman–Crippen LogP) is 4.51. The van der Waals surface area contributed by atoms with Gasteiger partial charge in [-0.2, -0.15) is 0 Å². The predicted molar refractivity (Wildman–Crippen MR) is 129 cm³/mol. The molecule has 3 aromatic rings. The van der Waals surface area contributed by atoms with E-state index in [0.29, 0.717) is 24.5 Å². The largest absolute Gasteiger partial charge is 0.444 e. The number of amides is 1. The SMILES string of the molecule is CC(C)(C)OC(=O)N1CC=C(c2ccc(Cn3ccc4cc(S(C)(=O)=O)ccc43)nc2)CC1. The van der Waals surface area contributed by atoms with Crippen molar-refractivity contribution in [3.8, 4) is 0 Å². The van der Waals surface area contributed by atoms with Gasteiger partial charge in [0.25, 0.3) is 0 Å². The van der Waals surface area contributed by atoms with E-state index in [9.17, 15) is 13.2 Å². The molecule has 33 heavy (non-hydrogen) atoms. The average Bonchev–Trinajstić information content (AvgIpc) is 3.15. The summed E-state index contributed by atoms with van der Waals surface area (Å²) >= 11 is 0. The molecule has 0 spiro atoms. The van der Waals surface area contributed by atoms with Gasteiger partial charge in [0.05, 0.1) is 17.1 Å². The molecule has 0 aliphatic carbocycles. The molecule has 0 fully saturated rings. The first kappa shape index (κ1) is 23.0. The Morgan fingerprint density at radius 3 is 2.55 bits per heavy atom. The van der Waals surface area contributed by atoms with Gasteiger partial charge in [0.2, 0.25) is 0 Å². The number of fused-ring (bicyclic) bond motifs is 1. The van der Waals surface area contributed by atoms with Gasteiger partial charge in [-0.1, -0.05) is 12.1 Å². The zero-order chi connectivity index (χ0) is 23.8. The van der Waals surface area contributed by atoms with Crippen molar-refractivity contribution in [2.45, 2.75) is 44.2 Å². The standard InChI is InChI=1S/C25H29N3O4S/c1-25(2,3)32-24(29)27-12-9-18(10-13-27)20-5-6-21(26-16-20)17-28-14-11-19-15-22(33(4,30)31)7-8-23(19)28/h5-9,11,14-16H,10,12-13,17H2,1-4H3. The maximum Gasteiger partial charge on any atom is 0.410 e. The van der Waals surface area contributed by atoms with Crippen molar-refractivity contribution >= 4 is 32.4 Å². The fraction of sp³-hybridized carbons (Fsp3) is 0.360. The second-order valence-corrected chi connectivity index (χ2v) is 11.4. The van der Waals surface area contributed by atoms with Gasteiger partial charge in [-0.25, -0.2) is 13.2 Å². The summed E-state index contributed by atoms with van der Waals surface area (Å²) in [6.07, 6.45) is 7.56. The second kappa shape index (κ2) is 8.67. The summed E-state index contributed by atoms with van der Waals surface area (Å²) in [5.41, 5.74) is 3.61. The molecule has 0 bridgehead atoms. The lowest BCUT2D eigenvalue weighted by Crippen LogP contribution is -2.39. The molecular weight excluding hydrogens is 438 g/mol. The van der Waals surface area contributed by atoms with Gasteiger partial charge in [0, 0.05) is 42.6 Å². The highest BCUT2D eigenvalue weighted by molar-refractivity contribution is 7.90. The van der Waals surface area contributed by atoms with Crippen molar-refractivity contribution in [3.05, 3.63) is 66.1 Å². The molecule has 1 aliphatic rings. The summed E-state index contributed by atoms with van der Waals surface area (Å²) in [5.74, 6) is 0. The van der Waals surface area contributed by atoms with E-state index in [2.05, 4.69) is 21.7 Å². The average molecular weight is 468 g/mol. The van der Waals surface area contributed by atoms with Crippen LogP contribution < -0.4 is 0 Å². The van der Waals surface area contributed by atoms with Crippen LogP contribution in [0.1, 0.15) is 38.4 Å². The summed E-state index contributed by atoms with van der Waals surface area (Å²) in [6, 6.07) is 11.2. The van der Waals surface area contributed by atoms with Crippen molar-refractivity contribution in [1.82, 2.24) is 14.5 Å². The smallest absolute Gasteiger partial charge is 0.410 e. The van der Waals surface area contributed by atoms with Gasteiger partial charge in [-0.05, 0) is 68.7 Å². The highest BCUT2D eigenvalue weighted by Gasteiger charge is 2.24. The van der Waals surface area contributed by atoms with Crippen molar-refractivity contribution < 1.29 is 17.9 Å². The van der Waals surface area contributed by atoms with E-state index in [1.807, 2.05) is 51.4 Å². The van der Waals surface area contributed by atoms with Gasteiger partial charge in [-0.3, -0.25) is 4.98 Å². The van der Waals surface area contributed by atoms with E-state index < -0.39 is 15.4 Å². The lowest BCUT2D eigenvalue weighted by atomic mass is 10.0. The van der Waals surface area contributed by atoms with Crippen LogP contribution in [-0.2, 0) is 21.1 Å². The number of hydrogen-bond donors (Lipinski definition) is 0. The topological polar surface area (TPSA) is 81.5 Å². The molecule has 3 heterocycles. The Balaban J connectivity index is 1.44. The lowest BCUT2D eigenvalue weighted by molar-refractivity contribution is 0.0270. The highest BCUT2D eigenvalue weighted by Crippen LogP contribution is 2.24. The van der Waals surface area contributed by atoms with Crippen molar-refractivity contribution in [2.75, 3.05) is 19.3 Å². The third-order valence-electron chi connectivity index (χ3n) is 5.56. The molecule has 0 radical (unpaired) electrons. The number of carbonyl (C=O) groups is 1. The molecule has 174 valence electrons. The van der Waals surface area contributed by atoms with Crippen LogP contribution in [0.2, 0.25) is 0 Å². The van der Waals surface area contributed by atoms with Crippen LogP contribution in [0, 0.1) is 0 Å². The van der Waals surface area contributed by atoms with Gasteiger partial charge < -0.3 is 14.2 Å². The molecule has 0 saturated carbocycles. The Labute approximate surface area is 194 Å². The van der Waals surface area contributed by atoms with Crippen LogP contribution in [0.4, 0.5) is 4.79 Å². The summed E-state index contributed by atoms with van der Waals surface area (Å²) in [6.45, 7) is 7.34. The van der Waals surface area contributed by atoms with E-state index in [0.717, 1.165) is 28.6 Å². The number of rotatable bonds is 4. The van der Waals surface area contributed by atoms with Crippen LogP contribution >= 0.6 is 0 Å². The van der Waals surface area contributed by atoms with E-state index in [-0.39, 0.29) is 6.09 Å². The molecule has 1 aromatic carbocycles. The summed E-state index contributed by atoms with van der Waals surface area (Å²) in [7, 11) is -3.23. The summed E-state index contributed by atoms with van der Waals surface area (Å²) in [5, 5.41) is 0.886. The fourth-order valence-corrected chi connectivity index (χ4v) is 4.51. The Morgan fingerprint density at radius 1 is 1.15 bits per heavy atom. The molecule has 0 atom stereocenters. The lowest BCUT2D eigenvalue weighted by Gasteiger charge is -2.29. The minimum atomic E-state index is -3.23. The monoisotopic (exact) mass is 467 g/mol. The van der Waals surface area contributed by atoms with Crippen LogP contribution in [0.15, 0.2) is 59.8 Å². The molecular formula is C25H29N3O4S. The van der Waals surface area contributed by atoms with E-state index in [1.54, 1.807) is 17.0 Å². The van der Waals surface area contributed by atoms with Gasteiger partial charge >= 0.3 is 6.09 Å². The minimum absolute atomic E-state index is 0.283. The van der Waals surface area contributed by atoms with Gasteiger partial charge in [-0.15, -0.1) is 0 Å². The highest BCUT2D eigenvalue weighted by atomic mass is 32.2. The van der Waals surface area contributed by atoms with Crippen LogP contribution in [0.5, 0.6) is 0 Å². The Kier molecular flexibility index (Phi) is 6.05. The number of sulfone groups is 1. The van der Waals surface area contributed by atoms with Crippen LogP contribution in [0.25, 0.3) is 16.5 Å². The Hall–Kier alpha value is -3.13. The van der Waals surface area contributed by atoms with E-state index >= 15 is 0 Å². The van der Waals surface area contributed by atoms with Crippen molar-refractivity contribution in [1.29, 1.82) is 0 Å².